The number of amides is 1. The van der Waals surface area contributed by atoms with Crippen molar-refractivity contribution in [1.82, 2.24) is 8.87 Å². The minimum Gasteiger partial charge on any atom is -0.345 e. The monoisotopic (exact) mass is 389 g/mol. The number of nitrogens with zero attached hydrogens (tertiary/aromatic N) is 2. The predicted molar refractivity (Wildman–Crippen MR) is 89.8 cm³/mol. The zero-order valence-electron chi connectivity index (χ0n) is 14.4. The van der Waals surface area contributed by atoms with Gasteiger partial charge < -0.3 is 9.88 Å². The van der Waals surface area contributed by atoms with Crippen LogP contribution in [0.4, 0.5) is 18.9 Å². The molecule has 1 heterocycles. The zero-order chi connectivity index (χ0) is 19.6. The van der Waals surface area contributed by atoms with E-state index in [9.17, 15) is 26.4 Å². The van der Waals surface area contributed by atoms with Gasteiger partial charge in [0, 0.05) is 26.3 Å². The van der Waals surface area contributed by atoms with Crippen LogP contribution >= 0.6 is 0 Å². The van der Waals surface area contributed by atoms with E-state index in [0.29, 0.717) is 6.07 Å². The predicted octanol–water partition coefficient (Wildman–Crippen LogP) is 2.73. The number of rotatable bonds is 6. The normalized spacial score (nSPS) is 11.8. The lowest BCUT2D eigenvalue weighted by Crippen LogP contribution is -2.30. The maximum absolute atomic E-state index is 13.7. The quantitative estimate of drug-likeness (QED) is 0.773. The maximum Gasteiger partial charge on any atom is 0.272 e. The summed E-state index contributed by atoms with van der Waals surface area (Å²) in [5.41, 5.74) is -0.636. The third kappa shape index (κ3) is 3.61. The van der Waals surface area contributed by atoms with Crippen molar-refractivity contribution in [2.45, 2.75) is 18.7 Å². The fraction of sp³-hybridized carbons (Fsp3) is 0.312. The number of aromatic nitrogens is 1. The van der Waals surface area contributed by atoms with E-state index < -0.39 is 39.1 Å². The van der Waals surface area contributed by atoms with Crippen LogP contribution in [0, 0.1) is 17.5 Å². The van der Waals surface area contributed by atoms with E-state index in [-0.39, 0.29) is 23.7 Å². The van der Waals surface area contributed by atoms with Crippen LogP contribution in [0.3, 0.4) is 0 Å². The number of aryl methyl sites for hydroxylation is 1. The number of nitrogens with one attached hydrogen (secondary N) is 1. The molecule has 1 N–H and O–H groups in total. The summed E-state index contributed by atoms with van der Waals surface area (Å²) >= 11 is 0. The molecule has 0 unspecified atom stereocenters. The van der Waals surface area contributed by atoms with E-state index >= 15 is 0 Å². The van der Waals surface area contributed by atoms with Crippen molar-refractivity contribution < 1.29 is 26.4 Å². The van der Waals surface area contributed by atoms with E-state index in [1.165, 1.54) is 22.1 Å². The largest absolute Gasteiger partial charge is 0.345 e. The summed E-state index contributed by atoms with van der Waals surface area (Å²) in [6.45, 7) is 3.89. The van der Waals surface area contributed by atoms with Gasteiger partial charge in [0.1, 0.15) is 10.6 Å². The highest BCUT2D eigenvalue weighted by atomic mass is 32.2. The molecule has 26 heavy (non-hydrogen) atoms. The van der Waals surface area contributed by atoms with E-state index in [4.69, 9.17) is 0 Å². The molecule has 142 valence electrons. The minimum absolute atomic E-state index is 0.0835. The Hall–Kier alpha value is -2.33. The second kappa shape index (κ2) is 7.50. The Bertz CT molecular complexity index is 938. The first-order valence-corrected chi connectivity index (χ1v) is 9.18. The number of benzene rings is 1. The van der Waals surface area contributed by atoms with E-state index in [1.54, 1.807) is 13.8 Å². The van der Waals surface area contributed by atoms with Gasteiger partial charge in [0.05, 0.1) is 5.69 Å². The van der Waals surface area contributed by atoms with Crippen LogP contribution in [-0.2, 0) is 17.1 Å². The molecule has 6 nitrogen and oxygen atoms in total. The number of hydrogen-bond acceptors (Lipinski definition) is 3. The Labute approximate surface area is 149 Å². The lowest BCUT2D eigenvalue weighted by Gasteiger charge is -2.17. The first kappa shape index (κ1) is 20.0. The fourth-order valence-corrected chi connectivity index (χ4v) is 3.95. The highest BCUT2D eigenvalue weighted by Gasteiger charge is 2.26. The van der Waals surface area contributed by atoms with Gasteiger partial charge >= 0.3 is 0 Å². The van der Waals surface area contributed by atoms with Crippen molar-refractivity contribution in [3.05, 3.63) is 47.5 Å². The molecular weight excluding hydrogens is 371 g/mol. The average molecular weight is 389 g/mol. The smallest absolute Gasteiger partial charge is 0.272 e. The van der Waals surface area contributed by atoms with Crippen molar-refractivity contribution >= 4 is 21.6 Å². The molecule has 2 aromatic rings. The van der Waals surface area contributed by atoms with Crippen molar-refractivity contribution in [3.8, 4) is 0 Å². The molecule has 0 aliphatic rings. The van der Waals surface area contributed by atoms with Crippen LogP contribution in [0.15, 0.2) is 29.3 Å². The van der Waals surface area contributed by atoms with Gasteiger partial charge in [0.25, 0.3) is 5.91 Å². The highest BCUT2D eigenvalue weighted by molar-refractivity contribution is 7.89. The van der Waals surface area contributed by atoms with Gasteiger partial charge in [0.15, 0.2) is 17.5 Å². The van der Waals surface area contributed by atoms with Gasteiger partial charge in [-0.1, -0.05) is 13.8 Å². The zero-order valence-corrected chi connectivity index (χ0v) is 15.2. The first-order valence-electron chi connectivity index (χ1n) is 7.74. The number of carbonyl (C=O) groups excluding carboxylic acids is 1. The summed E-state index contributed by atoms with van der Waals surface area (Å²) in [6, 6.07) is 2.69. The minimum atomic E-state index is -3.78. The van der Waals surface area contributed by atoms with Crippen LogP contribution in [-0.4, -0.2) is 36.3 Å². The Balaban J connectivity index is 2.35. The molecule has 1 aromatic carbocycles. The Morgan fingerprint density at radius 1 is 1.15 bits per heavy atom. The SMILES string of the molecule is CCN(CC)S(=O)(=O)c1cc(C(=O)Nc2ccc(F)c(F)c2F)n(C)c1. The second-order valence-corrected chi connectivity index (χ2v) is 7.38. The van der Waals surface area contributed by atoms with Crippen molar-refractivity contribution in [2.24, 2.45) is 7.05 Å². The van der Waals surface area contributed by atoms with Crippen LogP contribution in [0.1, 0.15) is 24.3 Å². The lowest BCUT2D eigenvalue weighted by molar-refractivity contribution is 0.101. The molecule has 1 amide bonds. The molecule has 0 bridgehead atoms. The maximum atomic E-state index is 13.7. The molecule has 0 radical (unpaired) electrons. The molecule has 2 rings (SSSR count). The van der Waals surface area contributed by atoms with Gasteiger partial charge in [-0.25, -0.2) is 21.6 Å². The van der Waals surface area contributed by atoms with Crippen LogP contribution < -0.4 is 5.32 Å². The molecule has 0 atom stereocenters. The summed E-state index contributed by atoms with van der Waals surface area (Å²) < 4.78 is 67.4. The van der Waals surface area contributed by atoms with Gasteiger partial charge in [-0.05, 0) is 18.2 Å². The molecule has 0 saturated carbocycles. The lowest BCUT2D eigenvalue weighted by atomic mass is 10.2. The van der Waals surface area contributed by atoms with E-state index in [1.807, 2.05) is 0 Å². The van der Waals surface area contributed by atoms with Gasteiger partial charge in [-0.3, -0.25) is 4.79 Å². The van der Waals surface area contributed by atoms with Crippen LogP contribution in [0.25, 0.3) is 0 Å². The number of hydrogen-bond donors (Lipinski definition) is 1. The fourth-order valence-electron chi connectivity index (χ4n) is 2.42. The number of anilines is 1. The highest BCUT2D eigenvalue weighted by Crippen LogP contribution is 2.22. The van der Waals surface area contributed by atoms with Crippen LogP contribution in [0.5, 0.6) is 0 Å². The summed E-state index contributed by atoms with van der Waals surface area (Å²) in [5, 5.41) is 2.11. The summed E-state index contributed by atoms with van der Waals surface area (Å²) in [6.07, 6.45) is 1.25. The molecule has 10 heteroatoms. The third-order valence-corrected chi connectivity index (χ3v) is 5.85. The third-order valence-electron chi connectivity index (χ3n) is 3.84. The molecule has 0 fully saturated rings. The number of halogens is 3. The van der Waals surface area contributed by atoms with Gasteiger partial charge in [-0.2, -0.15) is 4.31 Å². The first-order chi connectivity index (χ1) is 12.1. The second-order valence-electron chi connectivity index (χ2n) is 5.44. The van der Waals surface area contributed by atoms with Crippen LogP contribution in [0.2, 0.25) is 0 Å². The molecule has 0 saturated heterocycles. The Kier molecular flexibility index (Phi) is 5.77. The van der Waals surface area contributed by atoms with Gasteiger partial charge in [0.2, 0.25) is 10.0 Å². The number of sulfonamides is 1. The Morgan fingerprint density at radius 3 is 2.35 bits per heavy atom. The molecule has 1 aromatic heterocycles. The Morgan fingerprint density at radius 2 is 1.77 bits per heavy atom. The summed E-state index contributed by atoms with van der Waals surface area (Å²) in [4.78, 5) is 12.2. The number of carbonyl (C=O) groups is 1. The standard InChI is InChI=1S/C16H18F3N3O3S/c1-4-22(5-2)26(24,25)10-8-13(21(3)9-10)16(23)20-12-7-6-11(17)14(18)15(12)19/h6-9H,4-5H2,1-3H3,(H,20,23). The van der Waals surface area contributed by atoms with Crippen molar-refractivity contribution in [1.29, 1.82) is 0 Å². The van der Waals surface area contributed by atoms with Crippen molar-refractivity contribution in [2.75, 3.05) is 18.4 Å². The molecule has 0 aliphatic heterocycles. The van der Waals surface area contributed by atoms with E-state index in [2.05, 4.69) is 5.32 Å². The average Bonchev–Trinajstić information content (AvgIpc) is 2.99. The molecule has 0 aliphatic carbocycles. The van der Waals surface area contributed by atoms with Gasteiger partial charge in [-0.15, -0.1) is 0 Å². The van der Waals surface area contributed by atoms with E-state index in [0.717, 1.165) is 12.1 Å². The summed E-state index contributed by atoms with van der Waals surface area (Å²) in [7, 11) is -2.34. The summed E-state index contributed by atoms with van der Waals surface area (Å²) in [5.74, 6) is -5.49. The topological polar surface area (TPSA) is 71.4 Å². The molecular formula is C16H18F3N3O3S. The van der Waals surface area contributed by atoms with Crippen molar-refractivity contribution in [3.63, 3.8) is 0 Å². The molecule has 0 spiro atoms.